The lowest BCUT2D eigenvalue weighted by molar-refractivity contribution is -0.139. The zero-order valence-corrected chi connectivity index (χ0v) is 14.9. The maximum absolute atomic E-state index is 11.8. The Hall–Kier alpha value is -3.35. The van der Waals surface area contributed by atoms with E-state index in [-0.39, 0.29) is 6.54 Å². The van der Waals surface area contributed by atoms with Crippen molar-refractivity contribution < 1.29 is 19.1 Å². The van der Waals surface area contributed by atoms with E-state index in [9.17, 15) is 9.59 Å². The highest BCUT2D eigenvalue weighted by Gasteiger charge is 2.12. The number of amides is 2. The normalized spacial score (nSPS) is 10.4. The molecule has 136 valence electrons. The lowest BCUT2D eigenvalue weighted by atomic mass is 10.1. The van der Waals surface area contributed by atoms with Gasteiger partial charge in [-0.1, -0.05) is 29.8 Å². The molecule has 7 nitrogen and oxygen atoms in total. The first kappa shape index (κ1) is 19.0. The van der Waals surface area contributed by atoms with E-state index in [4.69, 9.17) is 9.47 Å². The molecule has 0 aliphatic rings. The molecule has 0 saturated carbocycles. The number of hydrogen-bond donors (Lipinski definition) is 2. The van der Waals surface area contributed by atoms with Gasteiger partial charge < -0.3 is 14.8 Å². The Morgan fingerprint density at radius 3 is 2.35 bits per heavy atom. The Morgan fingerprint density at radius 1 is 1.00 bits per heavy atom. The summed E-state index contributed by atoms with van der Waals surface area (Å²) in [5, 5.41) is 6.32. The van der Waals surface area contributed by atoms with Crippen LogP contribution in [0.5, 0.6) is 11.5 Å². The number of nitrogens with zero attached hydrogens (tertiary/aromatic N) is 1. The molecule has 0 aromatic heterocycles. The number of methoxy groups -OCH3 is 2. The summed E-state index contributed by atoms with van der Waals surface area (Å²) in [7, 11) is 3.07. The number of carbonyl (C=O) groups is 2. The minimum Gasteiger partial charge on any atom is -0.493 e. The number of hydrazone groups is 1. The molecule has 0 radical (unpaired) electrons. The van der Waals surface area contributed by atoms with Gasteiger partial charge in [0.05, 0.1) is 20.4 Å². The molecule has 0 fully saturated rings. The standard InChI is InChI=1S/C19H21N3O4/c1-13-4-6-14(7-5-13)11-20-18(23)19(24)22-21-12-15-8-9-16(25-2)17(10-15)26-3/h4-10,12H,11H2,1-3H3,(H,20,23)(H,22,24)/b21-12-. The van der Waals surface area contributed by atoms with Crippen molar-refractivity contribution in [3.05, 3.63) is 59.2 Å². The number of carbonyl (C=O) groups excluding carboxylic acids is 2. The Kier molecular flexibility index (Phi) is 6.73. The zero-order valence-electron chi connectivity index (χ0n) is 14.9. The van der Waals surface area contributed by atoms with Crippen LogP contribution in [0.2, 0.25) is 0 Å². The van der Waals surface area contributed by atoms with Crippen molar-refractivity contribution in [2.24, 2.45) is 5.10 Å². The summed E-state index contributed by atoms with van der Waals surface area (Å²) in [6.45, 7) is 2.25. The number of rotatable bonds is 6. The quantitative estimate of drug-likeness (QED) is 0.470. The van der Waals surface area contributed by atoms with Gasteiger partial charge in [-0.15, -0.1) is 0 Å². The van der Waals surface area contributed by atoms with Gasteiger partial charge in [0.2, 0.25) is 0 Å². The van der Waals surface area contributed by atoms with Crippen LogP contribution in [0, 0.1) is 6.92 Å². The number of hydrogen-bond acceptors (Lipinski definition) is 5. The number of ether oxygens (including phenoxy) is 2. The van der Waals surface area contributed by atoms with Crippen LogP contribution in [0.15, 0.2) is 47.6 Å². The first-order valence-corrected chi connectivity index (χ1v) is 7.92. The molecule has 0 heterocycles. The van der Waals surface area contributed by atoms with Crippen LogP contribution < -0.4 is 20.2 Å². The summed E-state index contributed by atoms with van der Waals surface area (Å²) in [5.41, 5.74) is 4.91. The van der Waals surface area contributed by atoms with Crippen LogP contribution in [0.1, 0.15) is 16.7 Å². The van der Waals surface area contributed by atoms with Crippen LogP contribution in [0.3, 0.4) is 0 Å². The van der Waals surface area contributed by atoms with Gasteiger partial charge in [-0.2, -0.15) is 5.10 Å². The average Bonchev–Trinajstić information content (AvgIpc) is 2.67. The summed E-state index contributed by atoms with van der Waals surface area (Å²) in [5.74, 6) is -0.466. The molecule has 0 unspecified atom stereocenters. The summed E-state index contributed by atoms with van der Waals surface area (Å²) >= 11 is 0. The van der Waals surface area contributed by atoms with Crippen molar-refractivity contribution in [2.45, 2.75) is 13.5 Å². The van der Waals surface area contributed by atoms with Gasteiger partial charge in [0.1, 0.15) is 0 Å². The van der Waals surface area contributed by atoms with E-state index in [1.807, 2.05) is 31.2 Å². The molecule has 2 rings (SSSR count). The van der Waals surface area contributed by atoms with Gasteiger partial charge in [0.25, 0.3) is 0 Å². The average molecular weight is 355 g/mol. The van der Waals surface area contributed by atoms with Crippen LogP contribution in [-0.4, -0.2) is 32.2 Å². The fourth-order valence-electron chi connectivity index (χ4n) is 2.12. The second-order valence-electron chi connectivity index (χ2n) is 5.48. The molecule has 0 bridgehead atoms. The highest BCUT2D eigenvalue weighted by molar-refractivity contribution is 6.35. The van der Waals surface area contributed by atoms with E-state index in [1.165, 1.54) is 13.3 Å². The highest BCUT2D eigenvalue weighted by Crippen LogP contribution is 2.26. The summed E-state index contributed by atoms with van der Waals surface area (Å²) < 4.78 is 10.3. The van der Waals surface area contributed by atoms with Gasteiger partial charge in [0.15, 0.2) is 11.5 Å². The first-order chi connectivity index (χ1) is 12.5. The molecule has 0 aliphatic carbocycles. The van der Waals surface area contributed by atoms with Crippen LogP contribution in [0.4, 0.5) is 0 Å². The fourth-order valence-corrected chi connectivity index (χ4v) is 2.12. The SMILES string of the molecule is COc1ccc(/C=N\NC(=O)C(=O)NCc2ccc(C)cc2)cc1OC. The number of nitrogens with one attached hydrogen (secondary N) is 2. The molecule has 7 heteroatoms. The van der Waals surface area contributed by atoms with Crippen molar-refractivity contribution in [2.75, 3.05) is 14.2 Å². The van der Waals surface area contributed by atoms with Gasteiger partial charge >= 0.3 is 11.8 Å². The molecule has 0 aliphatic heterocycles. The molecule has 26 heavy (non-hydrogen) atoms. The largest absolute Gasteiger partial charge is 0.493 e. The topological polar surface area (TPSA) is 89.0 Å². The highest BCUT2D eigenvalue weighted by atomic mass is 16.5. The third-order valence-electron chi connectivity index (χ3n) is 3.57. The van der Waals surface area contributed by atoms with Crippen LogP contribution >= 0.6 is 0 Å². The molecule has 2 N–H and O–H groups in total. The van der Waals surface area contributed by atoms with Crippen molar-refractivity contribution in [1.82, 2.24) is 10.7 Å². The number of benzene rings is 2. The molecular formula is C19H21N3O4. The summed E-state index contributed by atoms with van der Waals surface area (Å²) in [6.07, 6.45) is 1.41. The van der Waals surface area contributed by atoms with Crippen molar-refractivity contribution >= 4 is 18.0 Å². The molecule has 2 aromatic carbocycles. The number of aryl methyl sites for hydroxylation is 1. The fraction of sp³-hybridized carbons (Fsp3) is 0.211. The maximum atomic E-state index is 11.8. The lowest BCUT2D eigenvalue weighted by Crippen LogP contribution is -2.37. The zero-order chi connectivity index (χ0) is 18.9. The molecule has 2 amide bonds. The van der Waals surface area contributed by atoms with E-state index in [0.29, 0.717) is 17.1 Å². The third-order valence-corrected chi connectivity index (χ3v) is 3.57. The predicted octanol–water partition coefficient (Wildman–Crippen LogP) is 1.78. The summed E-state index contributed by atoms with van der Waals surface area (Å²) in [4.78, 5) is 23.5. The van der Waals surface area contributed by atoms with E-state index in [1.54, 1.807) is 25.3 Å². The predicted molar refractivity (Wildman–Crippen MR) is 98.3 cm³/mol. The van der Waals surface area contributed by atoms with E-state index < -0.39 is 11.8 Å². The van der Waals surface area contributed by atoms with Crippen molar-refractivity contribution in [1.29, 1.82) is 0 Å². The van der Waals surface area contributed by atoms with Gasteiger partial charge in [-0.25, -0.2) is 5.43 Å². The molecule has 0 saturated heterocycles. The van der Waals surface area contributed by atoms with Gasteiger partial charge in [0, 0.05) is 6.54 Å². The minimum absolute atomic E-state index is 0.270. The first-order valence-electron chi connectivity index (χ1n) is 7.92. The Balaban J connectivity index is 1.86. The van der Waals surface area contributed by atoms with Crippen molar-refractivity contribution in [3.8, 4) is 11.5 Å². The van der Waals surface area contributed by atoms with Crippen molar-refractivity contribution in [3.63, 3.8) is 0 Å². The molecular weight excluding hydrogens is 334 g/mol. The molecule has 2 aromatic rings. The van der Waals surface area contributed by atoms with E-state index >= 15 is 0 Å². The summed E-state index contributed by atoms with van der Waals surface area (Å²) in [6, 6.07) is 12.8. The minimum atomic E-state index is -0.839. The Morgan fingerprint density at radius 2 is 1.69 bits per heavy atom. The molecule has 0 spiro atoms. The van der Waals surface area contributed by atoms with Gasteiger partial charge in [-0.05, 0) is 36.2 Å². The van der Waals surface area contributed by atoms with Crippen LogP contribution in [0.25, 0.3) is 0 Å². The van der Waals surface area contributed by atoms with Crippen LogP contribution in [-0.2, 0) is 16.1 Å². The van der Waals surface area contributed by atoms with E-state index in [0.717, 1.165) is 11.1 Å². The third kappa shape index (κ3) is 5.34. The maximum Gasteiger partial charge on any atom is 0.329 e. The van der Waals surface area contributed by atoms with E-state index in [2.05, 4.69) is 15.8 Å². The van der Waals surface area contributed by atoms with Gasteiger partial charge in [-0.3, -0.25) is 9.59 Å². The second-order valence-corrected chi connectivity index (χ2v) is 5.48. The lowest BCUT2D eigenvalue weighted by Gasteiger charge is -2.07. The monoisotopic (exact) mass is 355 g/mol. The Bertz CT molecular complexity index is 801. The molecule has 0 atom stereocenters. The smallest absolute Gasteiger partial charge is 0.329 e. The Labute approximate surface area is 152 Å². The second kappa shape index (κ2) is 9.22.